The van der Waals surface area contributed by atoms with Gasteiger partial charge in [0, 0.05) is 48.5 Å². The molecule has 8 heteroatoms. The minimum absolute atomic E-state index is 0.439. The van der Waals surface area contributed by atoms with Gasteiger partial charge >= 0.3 is 7.12 Å². The Kier molecular flexibility index (Phi) is 8.54. The first-order valence-corrected chi connectivity index (χ1v) is 11.6. The lowest BCUT2D eigenvalue weighted by Crippen LogP contribution is -2.35. The van der Waals surface area contributed by atoms with E-state index in [4.69, 9.17) is 10.0 Å². The molecule has 2 N–H and O–H groups in total. The van der Waals surface area contributed by atoms with Crippen molar-refractivity contribution in [3.8, 4) is 0 Å². The Balaban J connectivity index is 0.000000172. The van der Waals surface area contributed by atoms with E-state index in [0.29, 0.717) is 5.46 Å². The Bertz CT molecular complexity index is 760. The van der Waals surface area contributed by atoms with Gasteiger partial charge < -0.3 is 19.8 Å². The lowest BCUT2D eigenvalue weighted by molar-refractivity contribution is 0.425. The summed E-state index contributed by atoms with van der Waals surface area (Å²) in [6, 6.07) is 7.70. The molecule has 2 aliphatic heterocycles. The van der Waals surface area contributed by atoms with Crippen LogP contribution >= 0.6 is 15.9 Å². The van der Waals surface area contributed by atoms with Crippen LogP contribution < -0.4 is 15.3 Å². The minimum atomic E-state index is -1.43. The molecule has 0 unspecified atom stereocenters. The molecule has 0 bridgehead atoms. The Morgan fingerprint density at radius 1 is 0.800 bits per heavy atom. The van der Waals surface area contributed by atoms with Crippen molar-refractivity contribution < 1.29 is 10.0 Å². The van der Waals surface area contributed by atoms with Crippen molar-refractivity contribution in [1.82, 2.24) is 9.97 Å². The highest BCUT2D eigenvalue weighted by molar-refractivity contribution is 9.10. The van der Waals surface area contributed by atoms with Crippen LogP contribution in [0, 0.1) is 11.8 Å². The van der Waals surface area contributed by atoms with Gasteiger partial charge in [-0.25, -0.2) is 9.97 Å². The lowest BCUT2D eigenvalue weighted by atomic mass is 9.82. The summed E-state index contributed by atoms with van der Waals surface area (Å²) in [5, 5.41) is 17.9. The molecule has 2 aromatic heterocycles. The van der Waals surface area contributed by atoms with Crippen molar-refractivity contribution in [2.45, 2.75) is 39.5 Å². The average molecular weight is 475 g/mol. The zero-order valence-corrected chi connectivity index (χ0v) is 19.5. The molecule has 2 aliphatic rings. The highest BCUT2D eigenvalue weighted by Crippen LogP contribution is 2.22. The number of nitrogens with zero attached hydrogens (tertiary/aromatic N) is 4. The maximum atomic E-state index is 8.96. The second kappa shape index (κ2) is 11.1. The van der Waals surface area contributed by atoms with Gasteiger partial charge in [-0.1, -0.05) is 19.9 Å². The van der Waals surface area contributed by atoms with E-state index >= 15 is 0 Å². The Labute approximate surface area is 188 Å². The number of hydrogen-bond acceptors (Lipinski definition) is 6. The minimum Gasteiger partial charge on any atom is -0.423 e. The highest BCUT2D eigenvalue weighted by Gasteiger charge is 2.18. The number of pyridine rings is 2. The molecule has 0 amide bonds. The van der Waals surface area contributed by atoms with E-state index in [9.17, 15) is 0 Å². The number of rotatable bonds is 3. The Morgan fingerprint density at radius 3 is 1.63 bits per heavy atom. The summed E-state index contributed by atoms with van der Waals surface area (Å²) in [6.45, 7) is 8.97. The van der Waals surface area contributed by atoms with Crippen LogP contribution in [-0.2, 0) is 0 Å². The van der Waals surface area contributed by atoms with E-state index in [2.05, 4.69) is 61.7 Å². The molecule has 0 spiro atoms. The zero-order chi connectivity index (χ0) is 21.5. The smallest absolute Gasteiger partial charge is 0.423 e. The van der Waals surface area contributed by atoms with Crippen LogP contribution in [-0.4, -0.2) is 53.3 Å². The van der Waals surface area contributed by atoms with Gasteiger partial charge in [-0.15, -0.1) is 0 Å². The topological polar surface area (TPSA) is 72.7 Å². The van der Waals surface area contributed by atoms with E-state index in [0.717, 1.165) is 54.1 Å². The summed E-state index contributed by atoms with van der Waals surface area (Å²) >= 11 is 3.40. The number of hydrogen-bond donors (Lipinski definition) is 2. The highest BCUT2D eigenvalue weighted by atomic mass is 79.9. The molecular weight excluding hydrogens is 443 g/mol. The fourth-order valence-corrected chi connectivity index (χ4v) is 4.00. The molecule has 30 heavy (non-hydrogen) atoms. The molecule has 2 fully saturated rings. The van der Waals surface area contributed by atoms with Gasteiger partial charge in [-0.3, -0.25) is 0 Å². The van der Waals surface area contributed by atoms with Gasteiger partial charge in [0.15, 0.2) is 0 Å². The molecule has 0 aromatic carbocycles. The van der Waals surface area contributed by atoms with Crippen molar-refractivity contribution in [2.24, 2.45) is 11.8 Å². The van der Waals surface area contributed by atoms with Crippen LogP contribution in [0.15, 0.2) is 41.1 Å². The second-order valence-corrected chi connectivity index (χ2v) is 9.41. The average Bonchev–Trinajstić information content (AvgIpc) is 2.76. The van der Waals surface area contributed by atoms with Crippen LogP contribution in [0.3, 0.4) is 0 Å². The molecule has 2 aromatic rings. The van der Waals surface area contributed by atoms with Gasteiger partial charge in [0.25, 0.3) is 0 Å². The third-order valence-corrected chi connectivity index (χ3v) is 6.47. The predicted octanol–water partition coefficient (Wildman–Crippen LogP) is 3.08. The first-order valence-electron chi connectivity index (χ1n) is 10.9. The summed E-state index contributed by atoms with van der Waals surface area (Å²) < 4.78 is 1.05. The maximum Gasteiger partial charge on any atom is 0.490 e. The van der Waals surface area contributed by atoms with E-state index in [1.54, 1.807) is 6.07 Å². The van der Waals surface area contributed by atoms with Crippen LogP contribution in [0.25, 0.3) is 0 Å². The molecule has 0 saturated carbocycles. The van der Waals surface area contributed by atoms with E-state index < -0.39 is 7.12 Å². The second-order valence-electron chi connectivity index (χ2n) is 8.50. The van der Waals surface area contributed by atoms with Crippen molar-refractivity contribution in [1.29, 1.82) is 0 Å². The molecular formula is C22H32BBrN4O2. The third-order valence-electron chi connectivity index (χ3n) is 6.00. The van der Waals surface area contributed by atoms with Crippen LogP contribution in [0.1, 0.15) is 39.5 Å². The summed E-state index contributed by atoms with van der Waals surface area (Å²) in [7, 11) is -1.43. The molecule has 4 heterocycles. The fraction of sp³-hybridized carbons (Fsp3) is 0.545. The normalized spacial score (nSPS) is 18.0. The molecule has 4 rings (SSSR count). The molecule has 2 saturated heterocycles. The van der Waals surface area contributed by atoms with Gasteiger partial charge in [0.1, 0.15) is 11.6 Å². The van der Waals surface area contributed by atoms with Gasteiger partial charge in [-0.2, -0.15) is 0 Å². The summed E-state index contributed by atoms with van der Waals surface area (Å²) in [4.78, 5) is 13.3. The van der Waals surface area contributed by atoms with Crippen molar-refractivity contribution in [3.05, 3.63) is 41.1 Å². The Morgan fingerprint density at radius 2 is 1.27 bits per heavy atom. The molecule has 0 radical (unpaired) electrons. The SMILES string of the molecule is CC1CCN(c2ccc(B(O)O)cn2)CC1.CC1CCN(c2ccc(Br)cn2)CC1. The number of halogens is 1. The molecule has 0 atom stereocenters. The summed E-state index contributed by atoms with van der Waals surface area (Å²) in [5.41, 5.74) is 0.439. The quantitative estimate of drug-likeness (QED) is 0.666. The fourth-order valence-electron chi connectivity index (χ4n) is 3.77. The van der Waals surface area contributed by atoms with E-state index in [1.165, 1.54) is 31.9 Å². The standard InChI is InChI=1S/C11H17BN2O2.C11H15BrN2/c1-9-4-6-14(7-5-9)11-3-2-10(8-13-11)12(15)16;1-9-4-6-14(7-5-9)11-3-2-10(12)8-13-11/h2-3,8-9,15-16H,4-7H2,1H3;2-3,8-9H,4-7H2,1H3. The predicted molar refractivity (Wildman–Crippen MR) is 127 cm³/mol. The van der Waals surface area contributed by atoms with Gasteiger partial charge in [0.05, 0.1) is 0 Å². The molecule has 0 aliphatic carbocycles. The van der Waals surface area contributed by atoms with E-state index in [1.807, 2.05) is 12.3 Å². The number of anilines is 2. The Hall–Kier alpha value is -1.64. The number of piperidine rings is 2. The largest absolute Gasteiger partial charge is 0.490 e. The molecule has 6 nitrogen and oxygen atoms in total. The summed E-state index contributed by atoms with van der Waals surface area (Å²) in [6.07, 6.45) is 8.37. The van der Waals surface area contributed by atoms with Crippen LogP contribution in [0.2, 0.25) is 0 Å². The third kappa shape index (κ3) is 6.69. The van der Waals surface area contributed by atoms with E-state index in [-0.39, 0.29) is 0 Å². The monoisotopic (exact) mass is 474 g/mol. The van der Waals surface area contributed by atoms with Gasteiger partial charge in [-0.05, 0) is 71.6 Å². The van der Waals surface area contributed by atoms with Crippen LogP contribution in [0.4, 0.5) is 11.6 Å². The van der Waals surface area contributed by atoms with Crippen LogP contribution in [0.5, 0.6) is 0 Å². The summed E-state index contributed by atoms with van der Waals surface area (Å²) in [5.74, 6) is 3.72. The first kappa shape index (κ1) is 23.0. The lowest BCUT2D eigenvalue weighted by Gasteiger charge is -2.31. The molecule has 162 valence electrons. The van der Waals surface area contributed by atoms with Crippen molar-refractivity contribution in [2.75, 3.05) is 36.0 Å². The number of aromatic nitrogens is 2. The van der Waals surface area contributed by atoms with Gasteiger partial charge in [0.2, 0.25) is 0 Å². The first-order chi connectivity index (χ1) is 14.4. The zero-order valence-electron chi connectivity index (χ0n) is 17.9. The van der Waals surface area contributed by atoms with Crippen molar-refractivity contribution in [3.63, 3.8) is 0 Å². The van der Waals surface area contributed by atoms with Crippen molar-refractivity contribution >= 4 is 40.1 Å². The maximum absolute atomic E-state index is 8.96.